The maximum atomic E-state index is 12.2. The lowest BCUT2D eigenvalue weighted by atomic mass is 10.2. The van der Waals surface area contributed by atoms with Gasteiger partial charge in [-0.3, -0.25) is 9.69 Å². The van der Waals surface area contributed by atoms with Crippen molar-refractivity contribution in [2.45, 2.75) is 13.2 Å². The summed E-state index contributed by atoms with van der Waals surface area (Å²) < 4.78 is 33.7. The van der Waals surface area contributed by atoms with Crippen LogP contribution in [0.1, 0.15) is 5.56 Å². The monoisotopic (exact) mass is 275 g/mol. The molecule has 5 nitrogen and oxygen atoms in total. The van der Waals surface area contributed by atoms with Crippen molar-refractivity contribution in [2.24, 2.45) is 0 Å². The standard InChI is InChI=1S/C12H15F2NO4/c1-15(7-11(16)17)6-8-3-4-9(18-2)10(5-8)19-12(13)14/h3-5,12H,6-7H2,1-2H3,(H,16,17). The molecule has 0 aliphatic rings. The van der Waals surface area contributed by atoms with Gasteiger partial charge in [-0.15, -0.1) is 0 Å². The highest BCUT2D eigenvalue weighted by molar-refractivity contribution is 5.69. The van der Waals surface area contributed by atoms with E-state index < -0.39 is 12.6 Å². The van der Waals surface area contributed by atoms with Gasteiger partial charge in [-0.1, -0.05) is 6.07 Å². The fraction of sp³-hybridized carbons (Fsp3) is 0.417. The summed E-state index contributed by atoms with van der Waals surface area (Å²) in [4.78, 5) is 12.1. The van der Waals surface area contributed by atoms with E-state index in [1.54, 1.807) is 13.1 Å². The van der Waals surface area contributed by atoms with Crippen molar-refractivity contribution in [1.82, 2.24) is 4.90 Å². The minimum atomic E-state index is -2.94. The summed E-state index contributed by atoms with van der Waals surface area (Å²) >= 11 is 0. The zero-order valence-corrected chi connectivity index (χ0v) is 10.6. The number of aliphatic carboxylic acids is 1. The Kier molecular flexibility index (Phi) is 5.50. The van der Waals surface area contributed by atoms with Crippen LogP contribution >= 0.6 is 0 Å². The summed E-state index contributed by atoms with van der Waals surface area (Å²) in [5.41, 5.74) is 0.653. The van der Waals surface area contributed by atoms with E-state index in [1.165, 1.54) is 24.1 Å². The Hall–Kier alpha value is -1.89. The van der Waals surface area contributed by atoms with Gasteiger partial charge in [-0.2, -0.15) is 8.78 Å². The molecule has 1 rings (SSSR count). The van der Waals surface area contributed by atoms with Gasteiger partial charge in [-0.25, -0.2) is 0 Å². The topological polar surface area (TPSA) is 59.0 Å². The third kappa shape index (κ3) is 5.09. The molecular weight excluding hydrogens is 260 g/mol. The normalized spacial score (nSPS) is 10.8. The number of methoxy groups -OCH3 is 1. The number of halogens is 2. The number of hydrogen-bond acceptors (Lipinski definition) is 4. The van der Waals surface area contributed by atoms with Gasteiger partial charge in [-0.05, 0) is 24.7 Å². The molecule has 106 valence electrons. The van der Waals surface area contributed by atoms with Crippen LogP contribution in [0.4, 0.5) is 8.78 Å². The number of rotatable bonds is 7. The van der Waals surface area contributed by atoms with Crippen LogP contribution in [0.3, 0.4) is 0 Å². The van der Waals surface area contributed by atoms with Gasteiger partial charge in [0.25, 0.3) is 0 Å². The van der Waals surface area contributed by atoms with Crippen molar-refractivity contribution in [1.29, 1.82) is 0 Å². The summed E-state index contributed by atoms with van der Waals surface area (Å²) in [6.07, 6.45) is 0. The van der Waals surface area contributed by atoms with E-state index in [0.29, 0.717) is 12.1 Å². The zero-order valence-electron chi connectivity index (χ0n) is 10.6. The molecule has 19 heavy (non-hydrogen) atoms. The highest BCUT2D eigenvalue weighted by Crippen LogP contribution is 2.29. The molecule has 0 saturated carbocycles. The van der Waals surface area contributed by atoms with E-state index in [4.69, 9.17) is 9.84 Å². The van der Waals surface area contributed by atoms with Crippen LogP contribution < -0.4 is 9.47 Å². The zero-order chi connectivity index (χ0) is 14.4. The molecule has 0 radical (unpaired) electrons. The Morgan fingerprint density at radius 1 is 1.42 bits per heavy atom. The molecule has 0 bridgehead atoms. The second-order valence-corrected chi connectivity index (χ2v) is 3.93. The molecule has 0 spiro atoms. The number of carbonyl (C=O) groups is 1. The third-order valence-corrected chi connectivity index (χ3v) is 2.30. The van der Waals surface area contributed by atoms with Crippen LogP contribution in [0.2, 0.25) is 0 Å². The molecule has 0 aliphatic heterocycles. The Morgan fingerprint density at radius 3 is 2.63 bits per heavy atom. The molecule has 0 aliphatic carbocycles. The van der Waals surface area contributed by atoms with E-state index in [1.807, 2.05) is 0 Å². The molecule has 1 aromatic rings. The molecule has 0 unspecified atom stereocenters. The summed E-state index contributed by atoms with van der Waals surface area (Å²) in [5.74, 6) is -0.830. The van der Waals surface area contributed by atoms with Gasteiger partial charge in [0.15, 0.2) is 11.5 Å². The smallest absolute Gasteiger partial charge is 0.387 e. The van der Waals surface area contributed by atoms with Gasteiger partial charge >= 0.3 is 12.6 Å². The lowest BCUT2D eigenvalue weighted by molar-refractivity contribution is -0.138. The lowest BCUT2D eigenvalue weighted by Crippen LogP contribution is -2.25. The molecule has 7 heteroatoms. The van der Waals surface area contributed by atoms with Gasteiger partial charge in [0.2, 0.25) is 0 Å². The molecule has 1 aromatic carbocycles. The third-order valence-electron chi connectivity index (χ3n) is 2.30. The fourth-order valence-corrected chi connectivity index (χ4v) is 1.61. The summed E-state index contributed by atoms with van der Waals surface area (Å²) in [7, 11) is 2.97. The Labute approximate surface area is 109 Å². The van der Waals surface area contributed by atoms with Crippen LogP contribution in [0.25, 0.3) is 0 Å². The van der Waals surface area contributed by atoms with Crippen molar-refractivity contribution < 1.29 is 28.2 Å². The number of ether oxygens (including phenoxy) is 2. The quantitative estimate of drug-likeness (QED) is 0.822. The predicted octanol–water partition coefficient (Wildman–Crippen LogP) is 1.81. The van der Waals surface area contributed by atoms with E-state index in [2.05, 4.69) is 4.74 Å². The number of benzene rings is 1. The first-order chi connectivity index (χ1) is 8.92. The van der Waals surface area contributed by atoms with E-state index >= 15 is 0 Å². The van der Waals surface area contributed by atoms with Crippen LogP contribution in [-0.2, 0) is 11.3 Å². The molecule has 0 atom stereocenters. The molecule has 0 aromatic heterocycles. The van der Waals surface area contributed by atoms with Crippen molar-refractivity contribution in [2.75, 3.05) is 20.7 Å². The number of carboxylic acid groups (broad SMARTS) is 1. The first-order valence-electron chi connectivity index (χ1n) is 5.44. The number of hydrogen-bond donors (Lipinski definition) is 1. The first kappa shape index (κ1) is 15.2. The molecule has 0 amide bonds. The van der Waals surface area contributed by atoms with E-state index in [9.17, 15) is 13.6 Å². The molecular formula is C12H15F2NO4. The molecule has 0 heterocycles. The molecule has 0 fully saturated rings. The number of likely N-dealkylation sites (N-methyl/N-ethyl adjacent to an activating group) is 1. The highest BCUT2D eigenvalue weighted by atomic mass is 19.3. The minimum Gasteiger partial charge on any atom is -0.493 e. The van der Waals surface area contributed by atoms with Gasteiger partial charge < -0.3 is 14.6 Å². The van der Waals surface area contributed by atoms with E-state index in [0.717, 1.165) is 0 Å². The summed E-state index contributed by atoms with van der Waals surface area (Å²) in [6, 6.07) is 4.57. The Bertz CT molecular complexity index is 440. The number of alkyl halides is 2. The van der Waals surface area contributed by atoms with Gasteiger partial charge in [0.1, 0.15) is 0 Å². The number of nitrogens with zero attached hydrogens (tertiary/aromatic N) is 1. The Balaban J connectivity index is 2.82. The largest absolute Gasteiger partial charge is 0.493 e. The first-order valence-corrected chi connectivity index (χ1v) is 5.44. The molecule has 0 saturated heterocycles. The summed E-state index contributed by atoms with van der Waals surface area (Å²) in [5, 5.41) is 8.63. The van der Waals surface area contributed by atoms with Crippen LogP contribution in [0.15, 0.2) is 18.2 Å². The SMILES string of the molecule is COc1ccc(CN(C)CC(=O)O)cc1OC(F)F. The highest BCUT2D eigenvalue weighted by Gasteiger charge is 2.12. The van der Waals surface area contributed by atoms with Crippen molar-refractivity contribution in [3.63, 3.8) is 0 Å². The van der Waals surface area contributed by atoms with Gasteiger partial charge in [0.05, 0.1) is 13.7 Å². The average Bonchev–Trinajstić information content (AvgIpc) is 2.27. The second kappa shape index (κ2) is 6.89. The maximum absolute atomic E-state index is 12.2. The van der Waals surface area contributed by atoms with Crippen LogP contribution in [0.5, 0.6) is 11.5 Å². The Morgan fingerprint density at radius 2 is 2.11 bits per heavy atom. The lowest BCUT2D eigenvalue weighted by Gasteiger charge is -2.16. The van der Waals surface area contributed by atoms with Crippen molar-refractivity contribution >= 4 is 5.97 Å². The van der Waals surface area contributed by atoms with E-state index in [-0.39, 0.29) is 18.0 Å². The van der Waals surface area contributed by atoms with Crippen molar-refractivity contribution in [3.8, 4) is 11.5 Å². The van der Waals surface area contributed by atoms with Gasteiger partial charge in [0, 0.05) is 6.54 Å². The minimum absolute atomic E-state index is 0.0706. The predicted molar refractivity (Wildman–Crippen MR) is 63.6 cm³/mol. The van der Waals surface area contributed by atoms with Crippen molar-refractivity contribution in [3.05, 3.63) is 23.8 Å². The average molecular weight is 275 g/mol. The number of carboxylic acids is 1. The molecule has 1 N–H and O–H groups in total. The second-order valence-electron chi connectivity index (χ2n) is 3.93. The maximum Gasteiger partial charge on any atom is 0.387 e. The van der Waals surface area contributed by atoms with Crippen LogP contribution in [0, 0.1) is 0 Å². The summed E-state index contributed by atoms with van der Waals surface area (Å²) in [6.45, 7) is -2.78. The van der Waals surface area contributed by atoms with Crippen LogP contribution in [-0.4, -0.2) is 43.3 Å². The fourth-order valence-electron chi connectivity index (χ4n) is 1.61.